The van der Waals surface area contributed by atoms with Gasteiger partial charge in [-0.05, 0) is 40.2 Å². The number of carbonyl (C=O) groups excluding carboxylic acids is 1. The van der Waals surface area contributed by atoms with Crippen LogP contribution >= 0.6 is 0 Å². The van der Waals surface area contributed by atoms with E-state index in [1.807, 2.05) is 20.8 Å². The minimum atomic E-state index is -0.477. The molecule has 0 bridgehead atoms. The third-order valence-corrected chi connectivity index (χ3v) is 3.02. The number of hydrogen-bond acceptors (Lipinski definition) is 4. The Balaban J connectivity index is 1.98. The minimum Gasteiger partial charge on any atom is -0.444 e. The molecule has 6 heteroatoms. The van der Waals surface area contributed by atoms with Gasteiger partial charge in [0.2, 0.25) is 0 Å². The van der Waals surface area contributed by atoms with E-state index >= 15 is 0 Å². The van der Waals surface area contributed by atoms with Gasteiger partial charge in [0.05, 0.1) is 24.1 Å². The second-order valence-electron chi connectivity index (χ2n) is 5.83. The Morgan fingerprint density at radius 3 is 2.95 bits per heavy atom. The maximum atomic E-state index is 11.9. The first kappa shape index (κ1) is 13.9. The predicted molar refractivity (Wildman–Crippen MR) is 71.7 cm³/mol. The van der Waals surface area contributed by atoms with Crippen molar-refractivity contribution < 1.29 is 9.53 Å². The van der Waals surface area contributed by atoms with Crippen LogP contribution in [0, 0.1) is 0 Å². The summed E-state index contributed by atoms with van der Waals surface area (Å²) < 4.78 is 5.30. The zero-order valence-corrected chi connectivity index (χ0v) is 11.7. The van der Waals surface area contributed by atoms with Crippen LogP contribution in [0.15, 0.2) is 12.5 Å². The van der Waals surface area contributed by atoms with E-state index in [0.29, 0.717) is 0 Å². The zero-order chi connectivity index (χ0) is 13.9. The number of carbonyl (C=O) groups is 1. The number of amides is 1. The van der Waals surface area contributed by atoms with Gasteiger partial charge in [0.25, 0.3) is 0 Å². The lowest BCUT2D eigenvalue weighted by atomic mass is 9.96. The highest BCUT2D eigenvalue weighted by atomic mass is 16.6. The molecule has 2 atom stereocenters. The van der Waals surface area contributed by atoms with Crippen molar-refractivity contribution in [1.29, 1.82) is 0 Å². The average Bonchev–Trinajstić information content (AvgIpc) is 2.80. The van der Waals surface area contributed by atoms with Crippen molar-refractivity contribution in [3.8, 4) is 0 Å². The van der Waals surface area contributed by atoms with E-state index in [-0.39, 0.29) is 18.2 Å². The van der Waals surface area contributed by atoms with Crippen molar-refractivity contribution >= 4 is 6.09 Å². The van der Waals surface area contributed by atoms with E-state index in [1.54, 1.807) is 12.5 Å². The predicted octanol–water partition coefficient (Wildman–Crippen LogP) is 1.73. The number of aromatic nitrogens is 2. The summed E-state index contributed by atoms with van der Waals surface area (Å²) in [6, 6.07) is 0.0767. The minimum absolute atomic E-state index is 0.0176. The lowest BCUT2D eigenvalue weighted by Gasteiger charge is -2.33. The quantitative estimate of drug-likeness (QED) is 0.761. The Morgan fingerprint density at radius 1 is 1.53 bits per heavy atom. The molecule has 1 aromatic heterocycles. The summed E-state index contributed by atoms with van der Waals surface area (Å²) in [6.07, 6.45) is 5.02. The van der Waals surface area contributed by atoms with Crippen molar-refractivity contribution in [2.75, 3.05) is 6.54 Å². The number of imidazole rings is 1. The van der Waals surface area contributed by atoms with Crippen LogP contribution in [-0.2, 0) is 4.74 Å². The molecule has 1 aliphatic rings. The number of rotatable bonds is 2. The van der Waals surface area contributed by atoms with Gasteiger partial charge in [0.1, 0.15) is 5.60 Å². The van der Waals surface area contributed by atoms with Crippen molar-refractivity contribution in [1.82, 2.24) is 20.6 Å². The fourth-order valence-electron chi connectivity index (χ4n) is 2.27. The van der Waals surface area contributed by atoms with Crippen LogP contribution < -0.4 is 10.6 Å². The summed E-state index contributed by atoms with van der Waals surface area (Å²) in [6.45, 7) is 6.52. The topological polar surface area (TPSA) is 79.0 Å². The summed E-state index contributed by atoms with van der Waals surface area (Å²) in [7, 11) is 0. The third kappa shape index (κ3) is 3.96. The van der Waals surface area contributed by atoms with Crippen LogP contribution in [0.1, 0.15) is 45.3 Å². The lowest BCUT2D eigenvalue weighted by molar-refractivity contribution is 0.0481. The highest BCUT2D eigenvalue weighted by Gasteiger charge is 2.29. The first-order valence-electron chi connectivity index (χ1n) is 6.67. The number of hydrogen-bond donors (Lipinski definition) is 3. The van der Waals surface area contributed by atoms with E-state index in [0.717, 1.165) is 25.1 Å². The number of alkyl carbamates (subject to hydrolysis) is 1. The SMILES string of the molecule is CC(C)(C)OC(=O)N[C@@H]1CCCN[C@H]1c1cnc[nH]1. The van der Waals surface area contributed by atoms with Crippen LogP contribution in [-0.4, -0.2) is 34.2 Å². The van der Waals surface area contributed by atoms with Crippen molar-refractivity contribution in [3.05, 3.63) is 18.2 Å². The Morgan fingerprint density at radius 2 is 2.32 bits per heavy atom. The van der Waals surface area contributed by atoms with E-state index in [4.69, 9.17) is 4.74 Å². The van der Waals surface area contributed by atoms with Crippen molar-refractivity contribution in [2.45, 2.75) is 51.3 Å². The van der Waals surface area contributed by atoms with Gasteiger partial charge < -0.3 is 20.4 Å². The summed E-state index contributed by atoms with van der Waals surface area (Å²) >= 11 is 0. The summed E-state index contributed by atoms with van der Waals surface area (Å²) in [5.41, 5.74) is 0.510. The van der Waals surface area contributed by atoms with Gasteiger partial charge in [-0.15, -0.1) is 0 Å². The molecule has 0 saturated carbocycles. The monoisotopic (exact) mass is 266 g/mol. The molecule has 1 aromatic rings. The van der Waals surface area contributed by atoms with Gasteiger partial charge in [0.15, 0.2) is 0 Å². The molecule has 3 N–H and O–H groups in total. The number of aromatic amines is 1. The molecule has 0 radical (unpaired) electrons. The number of ether oxygens (including phenoxy) is 1. The molecule has 1 aliphatic heterocycles. The molecule has 2 heterocycles. The third-order valence-electron chi connectivity index (χ3n) is 3.02. The average molecular weight is 266 g/mol. The summed E-state index contributed by atoms with van der Waals surface area (Å²) in [4.78, 5) is 19.0. The summed E-state index contributed by atoms with van der Waals surface area (Å²) in [5, 5.41) is 6.34. The molecule has 0 aromatic carbocycles. The molecule has 0 unspecified atom stereocenters. The molecule has 1 saturated heterocycles. The van der Waals surface area contributed by atoms with Gasteiger partial charge in [0, 0.05) is 6.20 Å². The summed E-state index contributed by atoms with van der Waals surface area (Å²) in [5.74, 6) is 0. The number of piperidine rings is 1. The van der Waals surface area contributed by atoms with Crippen LogP contribution in [0.4, 0.5) is 4.79 Å². The second-order valence-corrected chi connectivity index (χ2v) is 5.83. The molecule has 0 spiro atoms. The van der Waals surface area contributed by atoms with Gasteiger partial charge in [-0.3, -0.25) is 0 Å². The first-order chi connectivity index (χ1) is 8.96. The van der Waals surface area contributed by atoms with Gasteiger partial charge in [-0.1, -0.05) is 0 Å². The fourth-order valence-corrected chi connectivity index (χ4v) is 2.27. The maximum Gasteiger partial charge on any atom is 0.407 e. The standard InChI is InChI=1S/C13H22N4O2/c1-13(2,3)19-12(18)17-9-5-4-6-15-11(9)10-7-14-8-16-10/h7-9,11,15H,4-6H2,1-3H3,(H,14,16)(H,17,18)/t9-,11-/m1/s1. The van der Waals surface area contributed by atoms with Gasteiger partial charge in [-0.2, -0.15) is 0 Å². The normalized spacial score (nSPS) is 23.9. The molecule has 1 amide bonds. The molecule has 106 valence electrons. The van der Waals surface area contributed by atoms with Crippen LogP contribution in [0.5, 0.6) is 0 Å². The molecule has 0 aliphatic carbocycles. The fraction of sp³-hybridized carbons (Fsp3) is 0.692. The number of H-pyrrole nitrogens is 1. The smallest absolute Gasteiger partial charge is 0.407 e. The Kier molecular flexibility index (Phi) is 4.09. The Labute approximate surface area is 113 Å². The van der Waals surface area contributed by atoms with Crippen LogP contribution in [0.3, 0.4) is 0 Å². The molecule has 6 nitrogen and oxygen atoms in total. The highest BCUT2D eigenvalue weighted by molar-refractivity contribution is 5.68. The van der Waals surface area contributed by atoms with Crippen LogP contribution in [0.25, 0.3) is 0 Å². The number of nitrogens with zero attached hydrogens (tertiary/aromatic N) is 1. The van der Waals surface area contributed by atoms with E-state index in [2.05, 4.69) is 20.6 Å². The zero-order valence-electron chi connectivity index (χ0n) is 11.7. The highest BCUT2D eigenvalue weighted by Crippen LogP contribution is 2.22. The van der Waals surface area contributed by atoms with Gasteiger partial charge in [-0.25, -0.2) is 9.78 Å². The van der Waals surface area contributed by atoms with Crippen LogP contribution in [0.2, 0.25) is 0 Å². The van der Waals surface area contributed by atoms with E-state index < -0.39 is 5.60 Å². The molecule has 19 heavy (non-hydrogen) atoms. The van der Waals surface area contributed by atoms with E-state index in [1.165, 1.54) is 0 Å². The Bertz CT molecular complexity index is 411. The molecule has 1 fully saturated rings. The van der Waals surface area contributed by atoms with Gasteiger partial charge >= 0.3 is 6.09 Å². The second kappa shape index (κ2) is 5.61. The number of nitrogens with one attached hydrogen (secondary N) is 3. The largest absolute Gasteiger partial charge is 0.444 e. The maximum absolute atomic E-state index is 11.9. The molecular weight excluding hydrogens is 244 g/mol. The van der Waals surface area contributed by atoms with Crippen molar-refractivity contribution in [2.24, 2.45) is 0 Å². The lowest BCUT2D eigenvalue weighted by Crippen LogP contribution is -2.49. The first-order valence-corrected chi connectivity index (χ1v) is 6.67. The molecular formula is C13H22N4O2. The Hall–Kier alpha value is -1.56. The van der Waals surface area contributed by atoms with Crippen molar-refractivity contribution in [3.63, 3.8) is 0 Å². The molecule has 2 rings (SSSR count). The van der Waals surface area contributed by atoms with E-state index in [9.17, 15) is 4.79 Å².